The molecule has 17 heavy (non-hydrogen) atoms. The predicted molar refractivity (Wildman–Crippen MR) is 66.9 cm³/mol. The topological polar surface area (TPSA) is 47.6 Å². The van der Waals surface area contributed by atoms with Crippen molar-refractivity contribution in [3.05, 3.63) is 0 Å². The summed E-state index contributed by atoms with van der Waals surface area (Å²) >= 11 is 0. The van der Waals surface area contributed by atoms with Gasteiger partial charge in [-0.15, -0.1) is 0 Å². The zero-order chi connectivity index (χ0) is 12.6. The van der Waals surface area contributed by atoms with Crippen molar-refractivity contribution in [3.8, 4) is 0 Å². The number of ether oxygens (including phenoxy) is 2. The Morgan fingerprint density at radius 3 is 2.71 bits per heavy atom. The molecular weight excluding hydrogens is 218 g/mol. The molecule has 0 aromatic carbocycles. The van der Waals surface area contributed by atoms with Crippen LogP contribution in [-0.2, 0) is 14.3 Å². The third kappa shape index (κ3) is 6.03. The van der Waals surface area contributed by atoms with Gasteiger partial charge in [-0.2, -0.15) is 0 Å². The van der Waals surface area contributed by atoms with E-state index in [0.717, 1.165) is 32.4 Å². The van der Waals surface area contributed by atoms with Crippen molar-refractivity contribution in [2.45, 2.75) is 39.0 Å². The minimum Gasteiger partial charge on any atom is -0.465 e. The van der Waals surface area contributed by atoms with Gasteiger partial charge in [0.2, 0.25) is 0 Å². The normalized spacial score (nSPS) is 16.8. The van der Waals surface area contributed by atoms with E-state index in [4.69, 9.17) is 9.47 Å². The van der Waals surface area contributed by atoms with Crippen LogP contribution in [0.1, 0.15) is 39.0 Å². The summed E-state index contributed by atoms with van der Waals surface area (Å²) in [7, 11) is 1.73. The monoisotopic (exact) mass is 243 g/mol. The van der Waals surface area contributed by atoms with E-state index < -0.39 is 0 Å². The van der Waals surface area contributed by atoms with Crippen LogP contribution in [0.25, 0.3) is 0 Å². The van der Waals surface area contributed by atoms with Crippen LogP contribution in [0, 0.1) is 5.41 Å². The summed E-state index contributed by atoms with van der Waals surface area (Å²) in [6.07, 6.45) is 5.58. The van der Waals surface area contributed by atoms with E-state index in [1.54, 1.807) is 7.11 Å². The third-order valence-corrected chi connectivity index (χ3v) is 3.32. The number of methoxy groups -OCH3 is 1. The van der Waals surface area contributed by atoms with Crippen molar-refractivity contribution >= 4 is 5.97 Å². The van der Waals surface area contributed by atoms with Gasteiger partial charge >= 0.3 is 5.97 Å². The van der Waals surface area contributed by atoms with Crippen LogP contribution in [0.15, 0.2) is 0 Å². The van der Waals surface area contributed by atoms with E-state index in [-0.39, 0.29) is 5.97 Å². The SMILES string of the molecule is CCCCOC(=O)CNCC1(CCOC)CC1. The zero-order valence-electron chi connectivity index (χ0n) is 11.1. The number of nitrogens with one attached hydrogen (secondary N) is 1. The van der Waals surface area contributed by atoms with E-state index in [0.29, 0.717) is 18.6 Å². The first-order chi connectivity index (χ1) is 8.22. The Labute approximate surface area is 104 Å². The molecule has 0 aromatic rings. The first-order valence-corrected chi connectivity index (χ1v) is 6.58. The number of hydrogen-bond donors (Lipinski definition) is 1. The summed E-state index contributed by atoms with van der Waals surface area (Å²) in [5.74, 6) is -0.138. The van der Waals surface area contributed by atoms with Crippen LogP contribution < -0.4 is 5.32 Å². The average molecular weight is 243 g/mol. The van der Waals surface area contributed by atoms with Crippen molar-refractivity contribution in [1.82, 2.24) is 5.32 Å². The highest BCUT2D eigenvalue weighted by molar-refractivity contribution is 5.71. The van der Waals surface area contributed by atoms with Crippen molar-refractivity contribution in [2.24, 2.45) is 5.41 Å². The Morgan fingerprint density at radius 2 is 2.12 bits per heavy atom. The maximum absolute atomic E-state index is 11.3. The van der Waals surface area contributed by atoms with Gasteiger partial charge in [-0.05, 0) is 31.1 Å². The zero-order valence-corrected chi connectivity index (χ0v) is 11.1. The minimum atomic E-state index is -0.138. The van der Waals surface area contributed by atoms with Crippen molar-refractivity contribution in [1.29, 1.82) is 0 Å². The van der Waals surface area contributed by atoms with Gasteiger partial charge in [0, 0.05) is 20.3 Å². The van der Waals surface area contributed by atoms with Crippen molar-refractivity contribution in [2.75, 3.05) is 33.4 Å². The van der Waals surface area contributed by atoms with Crippen LogP contribution in [0.2, 0.25) is 0 Å². The molecule has 4 heteroatoms. The highest BCUT2D eigenvalue weighted by Crippen LogP contribution is 2.48. The lowest BCUT2D eigenvalue weighted by molar-refractivity contribution is -0.142. The molecule has 0 atom stereocenters. The second kappa shape index (κ2) is 7.67. The van der Waals surface area contributed by atoms with Crippen molar-refractivity contribution < 1.29 is 14.3 Å². The molecule has 1 N–H and O–H groups in total. The average Bonchev–Trinajstić information content (AvgIpc) is 3.07. The van der Waals surface area contributed by atoms with E-state index in [9.17, 15) is 4.79 Å². The number of hydrogen-bond acceptors (Lipinski definition) is 4. The highest BCUT2D eigenvalue weighted by atomic mass is 16.5. The number of rotatable bonds is 10. The molecule has 0 radical (unpaired) electrons. The Kier molecular flexibility index (Phi) is 6.52. The molecule has 0 heterocycles. The summed E-state index contributed by atoms with van der Waals surface area (Å²) in [6.45, 7) is 4.67. The molecule has 0 bridgehead atoms. The number of carbonyl (C=O) groups excluding carboxylic acids is 1. The maximum Gasteiger partial charge on any atom is 0.319 e. The minimum absolute atomic E-state index is 0.138. The lowest BCUT2D eigenvalue weighted by atomic mass is 10.0. The molecule has 0 aliphatic heterocycles. The van der Waals surface area contributed by atoms with Crippen LogP contribution in [-0.4, -0.2) is 39.4 Å². The lowest BCUT2D eigenvalue weighted by Gasteiger charge is -2.15. The van der Waals surface area contributed by atoms with Crippen LogP contribution in [0.3, 0.4) is 0 Å². The molecule has 0 unspecified atom stereocenters. The molecule has 1 aliphatic rings. The highest BCUT2D eigenvalue weighted by Gasteiger charge is 2.41. The quantitative estimate of drug-likeness (QED) is 0.469. The van der Waals surface area contributed by atoms with Gasteiger partial charge in [0.15, 0.2) is 0 Å². The summed E-state index contributed by atoms with van der Waals surface area (Å²) in [4.78, 5) is 11.3. The molecule has 1 fully saturated rings. The van der Waals surface area contributed by atoms with Gasteiger partial charge in [-0.1, -0.05) is 13.3 Å². The predicted octanol–water partition coefficient (Wildman–Crippen LogP) is 1.74. The molecule has 1 saturated carbocycles. The van der Waals surface area contributed by atoms with E-state index >= 15 is 0 Å². The molecule has 4 nitrogen and oxygen atoms in total. The maximum atomic E-state index is 11.3. The summed E-state index contributed by atoms with van der Waals surface area (Å²) in [6, 6.07) is 0. The fourth-order valence-corrected chi connectivity index (χ4v) is 1.82. The second-order valence-electron chi connectivity index (χ2n) is 4.92. The van der Waals surface area contributed by atoms with E-state index in [1.807, 2.05) is 0 Å². The van der Waals surface area contributed by atoms with Gasteiger partial charge in [-0.3, -0.25) is 4.79 Å². The Hall–Kier alpha value is -0.610. The summed E-state index contributed by atoms with van der Waals surface area (Å²) in [5, 5.41) is 3.19. The molecular formula is C13H25NO3. The number of esters is 1. The number of carbonyl (C=O) groups is 1. The van der Waals surface area contributed by atoms with Crippen LogP contribution in [0.4, 0.5) is 0 Å². The van der Waals surface area contributed by atoms with E-state index in [2.05, 4.69) is 12.2 Å². The van der Waals surface area contributed by atoms with E-state index in [1.165, 1.54) is 12.8 Å². The lowest BCUT2D eigenvalue weighted by Crippen LogP contribution is -2.31. The summed E-state index contributed by atoms with van der Waals surface area (Å²) in [5.41, 5.74) is 0.389. The molecule has 100 valence electrons. The third-order valence-electron chi connectivity index (χ3n) is 3.32. The number of unbranched alkanes of at least 4 members (excludes halogenated alkanes) is 1. The molecule has 0 amide bonds. The molecule has 0 saturated heterocycles. The van der Waals surface area contributed by atoms with Gasteiger partial charge in [0.25, 0.3) is 0 Å². The molecule has 0 spiro atoms. The molecule has 1 rings (SSSR count). The second-order valence-corrected chi connectivity index (χ2v) is 4.92. The Balaban J connectivity index is 2.01. The van der Waals surface area contributed by atoms with Crippen LogP contribution in [0.5, 0.6) is 0 Å². The fourth-order valence-electron chi connectivity index (χ4n) is 1.82. The summed E-state index contributed by atoms with van der Waals surface area (Å²) < 4.78 is 10.2. The molecule has 0 aromatic heterocycles. The standard InChI is InChI=1S/C13H25NO3/c1-3-4-8-17-12(15)10-14-11-13(5-6-13)7-9-16-2/h14H,3-11H2,1-2H3. The Morgan fingerprint density at radius 1 is 1.35 bits per heavy atom. The largest absolute Gasteiger partial charge is 0.465 e. The van der Waals surface area contributed by atoms with Gasteiger partial charge < -0.3 is 14.8 Å². The van der Waals surface area contributed by atoms with Crippen molar-refractivity contribution in [3.63, 3.8) is 0 Å². The fraction of sp³-hybridized carbons (Fsp3) is 0.923. The molecule has 1 aliphatic carbocycles. The Bertz CT molecular complexity index is 227. The first-order valence-electron chi connectivity index (χ1n) is 6.58. The van der Waals surface area contributed by atoms with Crippen LogP contribution >= 0.6 is 0 Å². The van der Waals surface area contributed by atoms with Gasteiger partial charge in [0.05, 0.1) is 13.2 Å². The van der Waals surface area contributed by atoms with Gasteiger partial charge in [0.1, 0.15) is 0 Å². The van der Waals surface area contributed by atoms with Gasteiger partial charge in [-0.25, -0.2) is 0 Å². The smallest absolute Gasteiger partial charge is 0.319 e. The first kappa shape index (κ1) is 14.5.